The van der Waals surface area contributed by atoms with Gasteiger partial charge in [0.25, 0.3) is 0 Å². The third-order valence-corrected chi connectivity index (χ3v) is 3.21. The molecule has 0 fully saturated rings. The minimum Gasteiger partial charge on any atom is -0.457 e. The van der Waals surface area contributed by atoms with Crippen LogP contribution in [0.2, 0.25) is 0 Å². The highest BCUT2D eigenvalue weighted by molar-refractivity contribution is 5.40. The SMILES string of the molecule is CNC(C)c1cc(F)ccc1Oc1ccc(CO)cc1. The molecule has 0 saturated carbocycles. The molecule has 0 aliphatic carbocycles. The van der Waals surface area contributed by atoms with E-state index in [2.05, 4.69) is 5.32 Å². The number of rotatable bonds is 5. The first-order valence-corrected chi connectivity index (χ1v) is 6.48. The molecule has 2 aromatic carbocycles. The molecule has 106 valence electrons. The van der Waals surface area contributed by atoms with Crippen molar-refractivity contribution in [3.05, 3.63) is 59.4 Å². The van der Waals surface area contributed by atoms with Crippen LogP contribution in [0.1, 0.15) is 24.1 Å². The van der Waals surface area contributed by atoms with E-state index in [0.29, 0.717) is 11.5 Å². The van der Waals surface area contributed by atoms with Gasteiger partial charge in [-0.25, -0.2) is 4.39 Å². The molecule has 3 nitrogen and oxygen atoms in total. The topological polar surface area (TPSA) is 41.5 Å². The molecule has 0 amide bonds. The zero-order chi connectivity index (χ0) is 14.5. The van der Waals surface area contributed by atoms with Gasteiger partial charge in [-0.1, -0.05) is 12.1 Å². The molecule has 1 unspecified atom stereocenters. The van der Waals surface area contributed by atoms with E-state index in [0.717, 1.165) is 11.1 Å². The summed E-state index contributed by atoms with van der Waals surface area (Å²) in [5.74, 6) is 0.980. The van der Waals surface area contributed by atoms with E-state index in [-0.39, 0.29) is 18.5 Å². The van der Waals surface area contributed by atoms with Gasteiger partial charge in [0, 0.05) is 11.6 Å². The van der Waals surface area contributed by atoms with Crippen molar-refractivity contribution in [3.63, 3.8) is 0 Å². The number of aliphatic hydroxyl groups is 1. The summed E-state index contributed by atoms with van der Waals surface area (Å²) in [4.78, 5) is 0. The Bertz CT molecular complexity index is 569. The highest BCUT2D eigenvalue weighted by Gasteiger charge is 2.12. The van der Waals surface area contributed by atoms with Crippen LogP contribution in [-0.4, -0.2) is 12.2 Å². The molecule has 0 aromatic heterocycles. The summed E-state index contributed by atoms with van der Waals surface area (Å²) < 4.78 is 19.2. The fraction of sp³-hybridized carbons (Fsp3) is 0.250. The molecule has 0 aliphatic heterocycles. The molecule has 2 aromatic rings. The summed E-state index contributed by atoms with van der Waals surface area (Å²) in [5, 5.41) is 12.1. The summed E-state index contributed by atoms with van der Waals surface area (Å²) in [7, 11) is 1.81. The Labute approximate surface area is 118 Å². The average molecular weight is 275 g/mol. The molecule has 0 spiro atoms. The van der Waals surface area contributed by atoms with Gasteiger partial charge in [0.05, 0.1) is 6.61 Å². The first-order chi connectivity index (χ1) is 9.63. The highest BCUT2D eigenvalue weighted by Crippen LogP contribution is 2.30. The predicted octanol–water partition coefficient (Wildman–Crippen LogP) is 3.39. The van der Waals surface area contributed by atoms with Gasteiger partial charge in [0.2, 0.25) is 0 Å². The van der Waals surface area contributed by atoms with Crippen LogP contribution in [-0.2, 0) is 6.61 Å². The Morgan fingerprint density at radius 2 is 1.90 bits per heavy atom. The van der Waals surface area contributed by atoms with E-state index in [1.165, 1.54) is 12.1 Å². The lowest BCUT2D eigenvalue weighted by Crippen LogP contribution is -2.13. The molecule has 0 bridgehead atoms. The number of benzene rings is 2. The Balaban J connectivity index is 2.27. The van der Waals surface area contributed by atoms with Gasteiger partial charge in [-0.3, -0.25) is 0 Å². The van der Waals surface area contributed by atoms with E-state index in [1.54, 1.807) is 30.3 Å². The van der Waals surface area contributed by atoms with Crippen molar-refractivity contribution in [3.8, 4) is 11.5 Å². The van der Waals surface area contributed by atoms with Crippen LogP contribution in [0.5, 0.6) is 11.5 Å². The molecule has 0 radical (unpaired) electrons. The van der Waals surface area contributed by atoms with Gasteiger partial charge >= 0.3 is 0 Å². The van der Waals surface area contributed by atoms with Crippen molar-refractivity contribution >= 4 is 0 Å². The summed E-state index contributed by atoms with van der Waals surface area (Å²) in [6.07, 6.45) is 0. The van der Waals surface area contributed by atoms with E-state index < -0.39 is 0 Å². The van der Waals surface area contributed by atoms with Crippen molar-refractivity contribution in [1.82, 2.24) is 5.32 Å². The second-order valence-corrected chi connectivity index (χ2v) is 4.60. The maximum atomic E-state index is 13.4. The van der Waals surface area contributed by atoms with Gasteiger partial charge in [0.15, 0.2) is 0 Å². The quantitative estimate of drug-likeness (QED) is 0.879. The molecule has 0 aliphatic rings. The Morgan fingerprint density at radius 1 is 1.20 bits per heavy atom. The van der Waals surface area contributed by atoms with Crippen LogP contribution < -0.4 is 10.1 Å². The molecule has 4 heteroatoms. The van der Waals surface area contributed by atoms with Gasteiger partial charge in [-0.2, -0.15) is 0 Å². The van der Waals surface area contributed by atoms with Crippen LogP contribution in [0, 0.1) is 5.82 Å². The summed E-state index contributed by atoms with van der Waals surface area (Å²) in [6.45, 7) is 1.94. The van der Waals surface area contributed by atoms with Crippen LogP contribution >= 0.6 is 0 Å². The number of hydrogen-bond donors (Lipinski definition) is 2. The van der Waals surface area contributed by atoms with Crippen molar-refractivity contribution in [2.75, 3.05) is 7.05 Å². The van der Waals surface area contributed by atoms with Gasteiger partial charge in [-0.15, -0.1) is 0 Å². The Hall–Kier alpha value is -1.91. The van der Waals surface area contributed by atoms with Crippen molar-refractivity contribution < 1.29 is 14.2 Å². The zero-order valence-corrected chi connectivity index (χ0v) is 11.6. The van der Waals surface area contributed by atoms with Crippen molar-refractivity contribution in [1.29, 1.82) is 0 Å². The molecule has 2 N–H and O–H groups in total. The van der Waals surface area contributed by atoms with E-state index in [4.69, 9.17) is 9.84 Å². The summed E-state index contributed by atoms with van der Waals surface area (Å²) >= 11 is 0. The molecule has 20 heavy (non-hydrogen) atoms. The van der Waals surface area contributed by atoms with Gasteiger partial charge in [0.1, 0.15) is 17.3 Å². The van der Waals surface area contributed by atoms with Crippen LogP contribution in [0.4, 0.5) is 4.39 Å². The maximum absolute atomic E-state index is 13.4. The third-order valence-electron chi connectivity index (χ3n) is 3.21. The third kappa shape index (κ3) is 3.35. The van der Waals surface area contributed by atoms with E-state index in [9.17, 15) is 4.39 Å². The fourth-order valence-corrected chi connectivity index (χ4v) is 1.90. The lowest BCUT2D eigenvalue weighted by Gasteiger charge is -2.16. The van der Waals surface area contributed by atoms with Crippen molar-refractivity contribution in [2.24, 2.45) is 0 Å². The molecule has 1 atom stereocenters. The fourth-order valence-electron chi connectivity index (χ4n) is 1.90. The maximum Gasteiger partial charge on any atom is 0.132 e. The number of halogens is 1. The minimum atomic E-state index is -0.287. The van der Waals surface area contributed by atoms with Gasteiger partial charge in [-0.05, 0) is 49.9 Å². The lowest BCUT2D eigenvalue weighted by atomic mass is 10.1. The summed E-state index contributed by atoms with van der Waals surface area (Å²) in [6, 6.07) is 11.6. The van der Waals surface area contributed by atoms with E-state index >= 15 is 0 Å². The van der Waals surface area contributed by atoms with Crippen LogP contribution in [0.15, 0.2) is 42.5 Å². The van der Waals surface area contributed by atoms with E-state index in [1.807, 2.05) is 14.0 Å². The summed E-state index contributed by atoms with van der Waals surface area (Å²) in [5.41, 5.74) is 1.58. The first-order valence-electron chi connectivity index (χ1n) is 6.48. The van der Waals surface area contributed by atoms with Gasteiger partial charge < -0.3 is 15.2 Å². The normalized spacial score (nSPS) is 12.2. The Kier molecular flexibility index (Phi) is 4.71. The largest absolute Gasteiger partial charge is 0.457 e. The highest BCUT2D eigenvalue weighted by atomic mass is 19.1. The second kappa shape index (κ2) is 6.50. The smallest absolute Gasteiger partial charge is 0.132 e. The van der Waals surface area contributed by atoms with Crippen molar-refractivity contribution in [2.45, 2.75) is 19.6 Å². The standard InChI is InChI=1S/C16H18FNO2/c1-11(18-2)15-9-13(17)5-8-16(15)20-14-6-3-12(10-19)4-7-14/h3-9,11,18-19H,10H2,1-2H3. The molecular formula is C16H18FNO2. The Morgan fingerprint density at radius 3 is 2.50 bits per heavy atom. The number of aliphatic hydroxyl groups excluding tert-OH is 1. The number of hydrogen-bond acceptors (Lipinski definition) is 3. The first kappa shape index (κ1) is 14.5. The molecule has 0 heterocycles. The average Bonchev–Trinajstić information content (AvgIpc) is 2.49. The van der Waals surface area contributed by atoms with Crippen LogP contribution in [0.3, 0.4) is 0 Å². The molecular weight excluding hydrogens is 257 g/mol. The predicted molar refractivity (Wildman–Crippen MR) is 76.3 cm³/mol. The molecule has 2 rings (SSSR count). The minimum absolute atomic E-state index is 0.00112. The second-order valence-electron chi connectivity index (χ2n) is 4.60. The number of ether oxygens (including phenoxy) is 1. The van der Waals surface area contributed by atoms with Crippen LogP contribution in [0.25, 0.3) is 0 Å². The molecule has 0 saturated heterocycles. The number of nitrogens with one attached hydrogen (secondary N) is 1. The zero-order valence-electron chi connectivity index (χ0n) is 11.6. The lowest BCUT2D eigenvalue weighted by molar-refractivity contribution is 0.281. The monoisotopic (exact) mass is 275 g/mol.